The second-order valence-electron chi connectivity index (χ2n) is 8.46. The number of benzene rings is 1. The molecule has 2 heterocycles. The van der Waals surface area contributed by atoms with Crippen LogP contribution < -0.4 is 21.3 Å². The van der Waals surface area contributed by atoms with Crippen LogP contribution in [0, 0.1) is 0 Å². The lowest BCUT2D eigenvalue weighted by atomic mass is 10.0. The fourth-order valence-electron chi connectivity index (χ4n) is 4.30. The molecule has 0 saturated carbocycles. The van der Waals surface area contributed by atoms with Gasteiger partial charge in [0.2, 0.25) is 23.6 Å². The molecule has 0 unspecified atom stereocenters. The molecule has 184 valence electrons. The van der Waals surface area contributed by atoms with E-state index in [1.807, 2.05) is 6.07 Å². The smallest absolute Gasteiger partial charge is 0.322 e. The van der Waals surface area contributed by atoms with Gasteiger partial charge in [-0.15, -0.1) is 0 Å². The Hall–Kier alpha value is -3.47. The van der Waals surface area contributed by atoms with Crippen LogP contribution in [0.25, 0.3) is 0 Å². The molecular weight excluding hydrogens is 442 g/mol. The van der Waals surface area contributed by atoms with Crippen molar-refractivity contribution in [2.45, 2.75) is 56.8 Å². The van der Waals surface area contributed by atoms with Crippen molar-refractivity contribution < 1.29 is 29.1 Å². The quantitative estimate of drug-likeness (QED) is 0.312. The average Bonchev–Trinajstić information content (AvgIpc) is 3.15. The molecule has 0 radical (unpaired) electrons. The number of nitrogens with one attached hydrogen (secondary N) is 4. The maximum absolute atomic E-state index is 12.9. The van der Waals surface area contributed by atoms with Gasteiger partial charge in [-0.1, -0.05) is 30.3 Å². The molecule has 0 bridgehead atoms. The van der Waals surface area contributed by atoms with E-state index in [0.29, 0.717) is 19.3 Å². The van der Waals surface area contributed by atoms with Gasteiger partial charge in [-0.2, -0.15) is 0 Å². The molecule has 3 rings (SSSR count). The van der Waals surface area contributed by atoms with Crippen LogP contribution in [-0.2, 0) is 30.4 Å². The predicted octanol–water partition coefficient (Wildman–Crippen LogP) is -0.878. The molecule has 1 aromatic carbocycles. The molecular formula is C23H31N5O6. The van der Waals surface area contributed by atoms with E-state index < -0.39 is 42.3 Å². The van der Waals surface area contributed by atoms with E-state index in [-0.39, 0.29) is 25.0 Å². The molecule has 11 nitrogen and oxygen atoms in total. The lowest BCUT2D eigenvalue weighted by Gasteiger charge is -2.34. The Morgan fingerprint density at radius 2 is 1.82 bits per heavy atom. The molecule has 1 aromatic rings. The van der Waals surface area contributed by atoms with Crippen molar-refractivity contribution in [1.82, 2.24) is 26.2 Å². The number of carbonyl (C=O) groups excluding carboxylic acids is 4. The van der Waals surface area contributed by atoms with Gasteiger partial charge >= 0.3 is 5.97 Å². The molecule has 2 saturated heterocycles. The Balaban J connectivity index is 1.59. The summed E-state index contributed by atoms with van der Waals surface area (Å²) in [7, 11) is 0. The summed E-state index contributed by atoms with van der Waals surface area (Å²) in [6.07, 6.45) is 3.21. The third-order valence-electron chi connectivity index (χ3n) is 5.95. The second-order valence-corrected chi connectivity index (χ2v) is 8.46. The Morgan fingerprint density at radius 1 is 1.06 bits per heavy atom. The molecule has 5 N–H and O–H groups in total. The first kappa shape index (κ1) is 25.2. The highest BCUT2D eigenvalue weighted by molar-refractivity contribution is 5.93. The first-order valence-corrected chi connectivity index (χ1v) is 11.5. The van der Waals surface area contributed by atoms with Gasteiger partial charge in [0, 0.05) is 12.8 Å². The Bertz CT molecular complexity index is 908. The minimum absolute atomic E-state index is 0.0815. The Morgan fingerprint density at radius 3 is 2.56 bits per heavy atom. The molecule has 34 heavy (non-hydrogen) atoms. The number of hydrogen-bond donors (Lipinski definition) is 5. The van der Waals surface area contributed by atoms with E-state index in [1.54, 1.807) is 29.2 Å². The number of aliphatic carboxylic acids is 1. The van der Waals surface area contributed by atoms with Crippen LogP contribution in [-0.4, -0.2) is 77.5 Å². The van der Waals surface area contributed by atoms with E-state index >= 15 is 0 Å². The number of carbonyl (C=O) groups is 5. The van der Waals surface area contributed by atoms with E-state index in [0.717, 1.165) is 24.9 Å². The maximum Gasteiger partial charge on any atom is 0.322 e. The van der Waals surface area contributed by atoms with Gasteiger partial charge < -0.3 is 26.0 Å². The fraction of sp³-hybridized carbons (Fsp3) is 0.522. The highest BCUT2D eigenvalue weighted by atomic mass is 16.4. The molecule has 2 aliphatic rings. The molecule has 3 atom stereocenters. The van der Waals surface area contributed by atoms with E-state index in [1.165, 1.54) is 0 Å². The van der Waals surface area contributed by atoms with Crippen molar-refractivity contribution in [3.8, 4) is 0 Å². The zero-order valence-electron chi connectivity index (χ0n) is 18.9. The van der Waals surface area contributed by atoms with Crippen LogP contribution in [0.3, 0.4) is 0 Å². The normalized spacial score (nSPS) is 20.9. The Kier molecular flexibility index (Phi) is 8.97. The molecule has 11 heteroatoms. The van der Waals surface area contributed by atoms with Gasteiger partial charge in [0.05, 0.1) is 12.7 Å². The zero-order valence-corrected chi connectivity index (χ0v) is 18.9. The molecule has 0 spiro atoms. The third kappa shape index (κ3) is 7.01. The van der Waals surface area contributed by atoms with E-state index in [9.17, 15) is 24.0 Å². The topological polar surface area (TPSA) is 157 Å². The summed E-state index contributed by atoms with van der Waals surface area (Å²) in [6, 6.07) is 7.31. The van der Waals surface area contributed by atoms with Crippen LogP contribution >= 0.6 is 0 Å². The number of carboxylic acids is 1. The molecule has 2 aliphatic heterocycles. The summed E-state index contributed by atoms with van der Waals surface area (Å²) in [5.74, 6) is -2.92. The summed E-state index contributed by atoms with van der Waals surface area (Å²) >= 11 is 0. The minimum Gasteiger partial charge on any atom is -0.480 e. The van der Waals surface area contributed by atoms with Crippen LogP contribution in [0.15, 0.2) is 30.3 Å². The predicted molar refractivity (Wildman–Crippen MR) is 121 cm³/mol. The SMILES string of the molecule is O=C(O)CNC(=O)[C@H](Cc1ccccc1)NC(=O)CNC(=O)[C@@H]1CCCCN[C@@H]2CCC(=O)N21. The molecule has 0 aromatic heterocycles. The highest BCUT2D eigenvalue weighted by Crippen LogP contribution is 2.24. The van der Waals surface area contributed by atoms with Crippen molar-refractivity contribution in [3.05, 3.63) is 35.9 Å². The summed E-state index contributed by atoms with van der Waals surface area (Å²) in [6.45, 7) is -0.150. The first-order valence-electron chi connectivity index (χ1n) is 11.5. The summed E-state index contributed by atoms with van der Waals surface area (Å²) in [5.41, 5.74) is 0.780. The lowest BCUT2D eigenvalue weighted by molar-refractivity contribution is -0.140. The van der Waals surface area contributed by atoms with Crippen molar-refractivity contribution in [2.75, 3.05) is 19.6 Å². The minimum atomic E-state index is -1.20. The molecule has 4 amide bonds. The Labute approximate surface area is 197 Å². The zero-order chi connectivity index (χ0) is 24.5. The van der Waals surface area contributed by atoms with Crippen molar-refractivity contribution >= 4 is 29.6 Å². The highest BCUT2D eigenvalue weighted by Gasteiger charge is 2.39. The van der Waals surface area contributed by atoms with Crippen LogP contribution in [0.2, 0.25) is 0 Å². The number of amides is 4. The summed E-state index contributed by atoms with van der Waals surface area (Å²) in [4.78, 5) is 62.7. The van der Waals surface area contributed by atoms with Gasteiger partial charge in [-0.05, 0) is 37.8 Å². The van der Waals surface area contributed by atoms with Crippen LogP contribution in [0.1, 0.15) is 37.7 Å². The molecule has 2 fully saturated rings. The van der Waals surface area contributed by atoms with Gasteiger partial charge in [0.1, 0.15) is 18.6 Å². The maximum atomic E-state index is 12.9. The second kappa shape index (κ2) is 12.1. The third-order valence-corrected chi connectivity index (χ3v) is 5.95. The van der Waals surface area contributed by atoms with Crippen molar-refractivity contribution in [1.29, 1.82) is 0 Å². The largest absolute Gasteiger partial charge is 0.480 e. The fourth-order valence-corrected chi connectivity index (χ4v) is 4.30. The number of rotatable bonds is 9. The van der Waals surface area contributed by atoms with E-state index in [2.05, 4.69) is 21.3 Å². The van der Waals surface area contributed by atoms with Gasteiger partial charge in [0.15, 0.2) is 0 Å². The van der Waals surface area contributed by atoms with Crippen molar-refractivity contribution in [3.63, 3.8) is 0 Å². The number of carboxylic acid groups (broad SMARTS) is 1. The lowest BCUT2D eigenvalue weighted by Crippen LogP contribution is -2.57. The van der Waals surface area contributed by atoms with Crippen molar-refractivity contribution in [2.24, 2.45) is 0 Å². The number of nitrogens with zero attached hydrogens (tertiary/aromatic N) is 1. The average molecular weight is 474 g/mol. The number of fused-ring (bicyclic) bond motifs is 1. The first-order chi connectivity index (χ1) is 16.3. The number of hydrogen-bond acceptors (Lipinski definition) is 6. The van der Waals surface area contributed by atoms with Gasteiger partial charge in [-0.3, -0.25) is 29.3 Å². The standard InChI is InChI=1S/C23H31N5O6/c29-19(27-16(22(33)26-14-21(31)32)12-15-6-2-1-3-7-15)13-25-23(34)17-8-4-5-11-24-18-9-10-20(30)28(17)18/h1-3,6-7,16-18,24H,4-5,8-14H2,(H,25,34)(H,26,33)(H,27,29)(H,31,32)/t16-,17-,18-/m0/s1. The monoisotopic (exact) mass is 473 g/mol. The van der Waals surface area contributed by atoms with Gasteiger partial charge in [-0.25, -0.2) is 0 Å². The van der Waals surface area contributed by atoms with Crippen LogP contribution in [0.5, 0.6) is 0 Å². The van der Waals surface area contributed by atoms with Crippen LogP contribution in [0.4, 0.5) is 0 Å². The van der Waals surface area contributed by atoms with E-state index in [4.69, 9.17) is 5.11 Å². The summed E-state index contributed by atoms with van der Waals surface area (Å²) in [5, 5.41) is 19.6. The molecule has 0 aliphatic carbocycles. The van der Waals surface area contributed by atoms with Gasteiger partial charge in [0.25, 0.3) is 0 Å². The summed E-state index contributed by atoms with van der Waals surface area (Å²) < 4.78 is 0.